The second-order valence-corrected chi connectivity index (χ2v) is 5.40. The largest absolute Gasteiger partial charge is 0.334 e. The van der Waals surface area contributed by atoms with Gasteiger partial charge in [0.1, 0.15) is 6.33 Å². The van der Waals surface area contributed by atoms with Crippen LogP contribution < -0.4 is 10.7 Å². The van der Waals surface area contributed by atoms with Crippen LogP contribution in [0.5, 0.6) is 0 Å². The van der Waals surface area contributed by atoms with E-state index in [1.54, 1.807) is 17.1 Å². The van der Waals surface area contributed by atoms with E-state index in [9.17, 15) is 4.79 Å². The number of imidazole rings is 1. The number of halogens is 1. The molecule has 3 aromatic rings. The van der Waals surface area contributed by atoms with Gasteiger partial charge >= 0.3 is 6.03 Å². The van der Waals surface area contributed by atoms with Gasteiger partial charge in [0, 0.05) is 5.02 Å². The van der Waals surface area contributed by atoms with Gasteiger partial charge in [-0.2, -0.15) is 0 Å². The van der Waals surface area contributed by atoms with Crippen LogP contribution in [0.25, 0.3) is 11.0 Å². The second kappa shape index (κ2) is 6.07. The average Bonchev–Trinajstić information content (AvgIpc) is 2.90. The Kier molecular flexibility index (Phi) is 3.98. The van der Waals surface area contributed by atoms with Crippen molar-refractivity contribution in [3.8, 4) is 0 Å². The fourth-order valence-corrected chi connectivity index (χ4v) is 2.44. The Morgan fingerprint density at radius 1 is 1.23 bits per heavy atom. The first-order chi connectivity index (χ1) is 10.6. The zero-order chi connectivity index (χ0) is 15.5. The third-order valence-electron chi connectivity index (χ3n) is 3.37. The number of urea groups is 1. The quantitative estimate of drug-likeness (QED) is 0.774. The summed E-state index contributed by atoms with van der Waals surface area (Å²) >= 11 is 5.97. The Hall–Kier alpha value is -2.53. The average molecular weight is 315 g/mol. The van der Waals surface area contributed by atoms with Gasteiger partial charge in [-0.3, -0.25) is 0 Å². The molecule has 0 bridgehead atoms. The molecule has 1 unspecified atom stereocenters. The van der Waals surface area contributed by atoms with Crippen molar-refractivity contribution in [2.75, 3.05) is 5.43 Å². The highest BCUT2D eigenvalue weighted by Crippen LogP contribution is 2.17. The molecule has 1 heterocycles. The van der Waals surface area contributed by atoms with Gasteiger partial charge in [0.15, 0.2) is 0 Å². The van der Waals surface area contributed by atoms with E-state index in [2.05, 4.69) is 15.7 Å². The van der Waals surface area contributed by atoms with Crippen molar-refractivity contribution in [3.05, 3.63) is 65.4 Å². The van der Waals surface area contributed by atoms with E-state index in [0.717, 1.165) is 16.6 Å². The number of carbonyl (C=O) groups excluding carboxylic acids is 1. The van der Waals surface area contributed by atoms with Crippen molar-refractivity contribution in [2.45, 2.75) is 13.0 Å². The van der Waals surface area contributed by atoms with E-state index in [1.807, 2.05) is 49.4 Å². The first-order valence-corrected chi connectivity index (χ1v) is 7.26. The van der Waals surface area contributed by atoms with Crippen molar-refractivity contribution in [1.82, 2.24) is 15.0 Å². The Morgan fingerprint density at radius 2 is 2.05 bits per heavy atom. The van der Waals surface area contributed by atoms with Crippen LogP contribution in [-0.2, 0) is 0 Å². The van der Waals surface area contributed by atoms with Crippen LogP contribution >= 0.6 is 11.6 Å². The predicted molar refractivity (Wildman–Crippen MR) is 87.5 cm³/mol. The highest BCUT2D eigenvalue weighted by atomic mass is 35.5. The number of nitrogens with one attached hydrogen (secondary N) is 2. The van der Waals surface area contributed by atoms with Crippen LogP contribution in [0.3, 0.4) is 0 Å². The summed E-state index contributed by atoms with van der Waals surface area (Å²) in [4.78, 5) is 16.3. The lowest BCUT2D eigenvalue weighted by Crippen LogP contribution is -2.35. The third-order valence-corrected chi connectivity index (χ3v) is 3.61. The van der Waals surface area contributed by atoms with Crippen LogP contribution in [-0.4, -0.2) is 15.7 Å². The summed E-state index contributed by atoms with van der Waals surface area (Å²) in [6, 6.07) is 14.5. The third kappa shape index (κ3) is 3.04. The van der Waals surface area contributed by atoms with E-state index in [0.29, 0.717) is 5.02 Å². The summed E-state index contributed by atoms with van der Waals surface area (Å²) in [5.41, 5.74) is 5.36. The van der Waals surface area contributed by atoms with Gasteiger partial charge in [-0.25, -0.2) is 19.9 Å². The lowest BCUT2D eigenvalue weighted by molar-refractivity contribution is 0.247. The molecule has 1 aromatic heterocycles. The van der Waals surface area contributed by atoms with Crippen molar-refractivity contribution >= 4 is 28.7 Å². The number of aromatic nitrogens is 2. The van der Waals surface area contributed by atoms with E-state index >= 15 is 0 Å². The summed E-state index contributed by atoms with van der Waals surface area (Å²) < 4.78 is 1.59. The van der Waals surface area contributed by atoms with Gasteiger partial charge in [0.05, 0.1) is 17.1 Å². The van der Waals surface area contributed by atoms with E-state index in [-0.39, 0.29) is 12.1 Å². The number of fused-ring (bicyclic) bond motifs is 1. The standard InChI is InChI=1S/C16H15ClN4O/c1-11(12-5-4-6-13(17)9-12)19-16(22)20-21-10-18-14-7-2-3-8-15(14)21/h2-11H,1H3,(H2,19,20,22). The molecule has 0 aliphatic carbocycles. The smallest absolute Gasteiger partial charge is 0.330 e. The first kappa shape index (κ1) is 14.4. The number of amides is 2. The number of carbonyl (C=O) groups is 1. The molecule has 0 fully saturated rings. The topological polar surface area (TPSA) is 59.0 Å². The molecule has 2 amide bonds. The molecule has 2 aromatic carbocycles. The van der Waals surface area contributed by atoms with Crippen LogP contribution in [0.2, 0.25) is 5.02 Å². The number of rotatable bonds is 3. The number of hydrogen-bond donors (Lipinski definition) is 2. The van der Waals surface area contributed by atoms with Crippen molar-refractivity contribution < 1.29 is 4.79 Å². The minimum atomic E-state index is -0.310. The molecule has 0 saturated heterocycles. The Labute approximate surface area is 132 Å². The SMILES string of the molecule is CC(NC(=O)Nn1cnc2ccccc21)c1cccc(Cl)c1. The molecule has 3 rings (SSSR count). The maximum Gasteiger partial charge on any atom is 0.334 e. The van der Waals surface area contributed by atoms with Crippen LogP contribution in [0.4, 0.5) is 4.79 Å². The Bertz CT molecular complexity index is 815. The monoisotopic (exact) mass is 314 g/mol. The lowest BCUT2D eigenvalue weighted by atomic mass is 10.1. The summed E-state index contributed by atoms with van der Waals surface area (Å²) in [6.07, 6.45) is 1.58. The van der Waals surface area contributed by atoms with Crippen LogP contribution in [0, 0.1) is 0 Å². The normalized spacial score (nSPS) is 12.1. The van der Waals surface area contributed by atoms with Gasteiger partial charge in [-0.1, -0.05) is 35.9 Å². The highest BCUT2D eigenvalue weighted by molar-refractivity contribution is 6.30. The molecule has 2 N–H and O–H groups in total. The van der Waals surface area contributed by atoms with Gasteiger partial charge < -0.3 is 5.32 Å². The van der Waals surface area contributed by atoms with E-state index in [1.165, 1.54) is 0 Å². The van der Waals surface area contributed by atoms with E-state index < -0.39 is 0 Å². The molecular weight excluding hydrogens is 300 g/mol. The summed E-state index contributed by atoms with van der Waals surface area (Å²) in [5.74, 6) is 0. The fourth-order valence-electron chi connectivity index (χ4n) is 2.25. The molecule has 112 valence electrons. The van der Waals surface area contributed by atoms with Gasteiger partial charge in [-0.15, -0.1) is 0 Å². The molecule has 0 aliphatic rings. The summed E-state index contributed by atoms with van der Waals surface area (Å²) in [7, 11) is 0. The van der Waals surface area contributed by atoms with E-state index in [4.69, 9.17) is 11.6 Å². The molecule has 0 aliphatic heterocycles. The minimum absolute atomic E-state index is 0.159. The number of nitrogens with zero attached hydrogens (tertiary/aromatic N) is 2. The first-order valence-electron chi connectivity index (χ1n) is 6.88. The molecule has 5 nitrogen and oxygen atoms in total. The number of benzene rings is 2. The van der Waals surface area contributed by atoms with Gasteiger partial charge in [0.2, 0.25) is 0 Å². The highest BCUT2D eigenvalue weighted by Gasteiger charge is 2.11. The fraction of sp³-hybridized carbons (Fsp3) is 0.125. The summed E-state index contributed by atoms with van der Waals surface area (Å²) in [5, 5.41) is 3.51. The minimum Gasteiger partial charge on any atom is -0.330 e. The van der Waals surface area contributed by atoms with Gasteiger partial charge in [0.25, 0.3) is 0 Å². The molecule has 0 spiro atoms. The van der Waals surface area contributed by atoms with Crippen molar-refractivity contribution in [3.63, 3.8) is 0 Å². The van der Waals surface area contributed by atoms with Crippen molar-refractivity contribution in [1.29, 1.82) is 0 Å². The Balaban J connectivity index is 1.70. The Morgan fingerprint density at radius 3 is 2.86 bits per heavy atom. The molecule has 0 saturated carbocycles. The molecule has 22 heavy (non-hydrogen) atoms. The zero-order valence-corrected chi connectivity index (χ0v) is 12.7. The molecular formula is C16H15ClN4O. The predicted octanol–water partition coefficient (Wildman–Crippen LogP) is 3.70. The van der Waals surface area contributed by atoms with Crippen molar-refractivity contribution in [2.24, 2.45) is 0 Å². The van der Waals surface area contributed by atoms with Crippen LogP contribution in [0.1, 0.15) is 18.5 Å². The number of hydrogen-bond acceptors (Lipinski definition) is 2. The van der Waals surface area contributed by atoms with Gasteiger partial charge in [-0.05, 0) is 36.8 Å². The molecule has 1 atom stereocenters. The lowest BCUT2D eigenvalue weighted by Gasteiger charge is -2.15. The molecule has 6 heteroatoms. The second-order valence-electron chi connectivity index (χ2n) is 4.97. The maximum absolute atomic E-state index is 12.1. The number of para-hydroxylation sites is 2. The maximum atomic E-state index is 12.1. The van der Waals surface area contributed by atoms with Crippen LogP contribution in [0.15, 0.2) is 54.9 Å². The molecule has 0 radical (unpaired) electrons. The zero-order valence-electron chi connectivity index (χ0n) is 12.0. The summed E-state index contributed by atoms with van der Waals surface area (Å²) in [6.45, 7) is 1.90.